The van der Waals surface area contributed by atoms with Crippen molar-refractivity contribution < 1.29 is 33.8 Å². The Hall–Kier alpha value is -4.54. The summed E-state index contributed by atoms with van der Waals surface area (Å²) in [5.41, 5.74) is 12.9. The molecule has 52 heavy (non-hydrogen) atoms. The smallest absolute Gasteiger partial charge is 0.246 e. The van der Waals surface area contributed by atoms with Crippen LogP contribution in [0.2, 0.25) is 0 Å². The Morgan fingerprint density at radius 2 is 1.83 bits per heavy atom. The van der Waals surface area contributed by atoms with Crippen LogP contribution in [0.3, 0.4) is 0 Å². The van der Waals surface area contributed by atoms with E-state index in [1.165, 1.54) is 16.7 Å². The molecule has 0 unspecified atom stereocenters. The van der Waals surface area contributed by atoms with E-state index in [2.05, 4.69) is 36.9 Å². The normalized spacial score (nSPS) is 16.6. The second-order valence-electron chi connectivity index (χ2n) is 12.9. The molecule has 1 aromatic heterocycles. The van der Waals surface area contributed by atoms with Crippen LogP contribution in [0.5, 0.6) is 0 Å². The van der Waals surface area contributed by atoms with Crippen LogP contribution in [0.1, 0.15) is 51.0 Å². The number of piperidine rings is 1. The van der Waals surface area contributed by atoms with Gasteiger partial charge in [-0.3, -0.25) is 19.2 Å². The third-order valence-corrected chi connectivity index (χ3v) is 9.60. The van der Waals surface area contributed by atoms with Crippen LogP contribution in [0.25, 0.3) is 0 Å². The van der Waals surface area contributed by atoms with Gasteiger partial charge in [0.05, 0.1) is 49.9 Å². The number of carbonyl (C=O) groups excluding carboxylic acids is 4. The lowest BCUT2D eigenvalue weighted by Crippen LogP contribution is -2.48. The quantitative estimate of drug-likeness (QED) is 0.113. The van der Waals surface area contributed by atoms with Gasteiger partial charge in [0.1, 0.15) is 23.5 Å². The van der Waals surface area contributed by atoms with Crippen molar-refractivity contribution in [3.8, 4) is 6.07 Å². The maximum absolute atomic E-state index is 12.7. The molecule has 2 aromatic rings. The molecule has 0 bridgehead atoms. The molecule has 0 radical (unpaired) electrons. The standard InChI is InChI=1S/C34H48N10O7S/c1-34(37)9-13-43(14-10-34)27-19-40-33(32(36)42-27)52-26-5-2-4-25(24(26)18-35)41-29(47)7-3-6-28(46)38-11-15-50-16-17-51-22-30(48)39-20-31(49)44-12-8-23(45)21-44/h2,4-5,19,23,45H,3,6-17,20-22,37H2,1H3,(H2,36,42)(H,38,46)(H,39,48)(H,41,47)/t23-/m1/s1. The summed E-state index contributed by atoms with van der Waals surface area (Å²) >= 11 is 1.19. The Morgan fingerprint density at radius 3 is 2.54 bits per heavy atom. The van der Waals surface area contributed by atoms with E-state index in [0.29, 0.717) is 40.8 Å². The first-order chi connectivity index (χ1) is 24.9. The third kappa shape index (κ3) is 12.9. The van der Waals surface area contributed by atoms with Crippen molar-refractivity contribution in [2.45, 2.75) is 67.0 Å². The molecule has 4 amide bonds. The van der Waals surface area contributed by atoms with Crippen LogP contribution in [0.15, 0.2) is 34.3 Å². The van der Waals surface area contributed by atoms with Crippen LogP contribution in [-0.2, 0) is 28.7 Å². The number of hydrogen-bond donors (Lipinski definition) is 6. The molecule has 4 rings (SSSR count). The summed E-state index contributed by atoms with van der Waals surface area (Å²) in [4.78, 5) is 61.9. The molecule has 0 saturated carbocycles. The van der Waals surface area contributed by atoms with E-state index < -0.39 is 12.0 Å². The largest absolute Gasteiger partial charge is 0.391 e. The van der Waals surface area contributed by atoms with Crippen molar-refractivity contribution in [2.24, 2.45) is 5.73 Å². The lowest BCUT2D eigenvalue weighted by Gasteiger charge is -2.37. The zero-order chi connectivity index (χ0) is 37.5. The Balaban J connectivity index is 1.07. The lowest BCUT2D eigenvalue weighted by atomic mass is 9.91. The fourth-order valence-corrected chi connectivity index (χ4v) is 6.33. The average molecular weight is 741 g/mol. The van der Waals surface area contributed by atoms with E-state index in [1.54, 1.807) is 24.4 Å². The highest BCUT2D eigenvalue weighted by molar-refractivity contribution is 7.99. The van der Waals surface area contributed by atoms with Crippen LogP contribution >= 0.6 is 11.8 Å². The maximum atomic E-state index is 12.7. The van der Waals surface area contributed by atoms with Crippen molar-refractivity contribution in [1.82, 2.24) is 25.5 Å². The van der Waals surface area contributed by atoms with Gasteiger partial charge in [-0.2, -0.15) is 5.26 Å². The van der Waals surface area contributed by atoms with Crippen molar-refractivity contribution >= 4 is 52.7 Å². The first-order valence-electron chi connectivity index (χ1n) is 17.3. The Bertz CT molecular complexity index is 1590. The second kappa shape index (κ2) is 19.9. The molecule has 2 aliphatic rings. The van der Waals surface area contributed by atoms with Crippen LogP contribution < -0.4 is 32.3 Å². The van der Waals surface area contributed by atoms with Gasteiger partial charge in [0.2, 0.25) is 23.6 Å². The number of nitrogens with one attached hydrogen (secondary N) is 3. The molecule has 18 heteroatoms. The van der Waals surface area contributed by atoms with Gasteiger partial charge >= 0.3 is 0 Å². The molecule has 0 aliphatic carbocycles. The summed E-state index contributed by atoms with van der Waals surface area (Å²) in [6.45, 7) is 4.80. The monoisotopic (exact) mass is 740 g/mol. The predicted molar refractivity (Wildman–Crippen MR) is 193 cm³/mol. The molecule has 2 aliphatic heterocycles. The summed E-state index contributed by atoms with van der Waals surface area (Å²) in [6, 6.07) is 7.26. The van der Waals surface area contributed by atoms with Gasteiger partial charge in [-0.15, -0.1) is 0 Å². The lowest BCUT2D eigenvalue weighted by molar-refractivity contribution is -0.133. The molecule has 2 fully saturated rings. The molecule has 3 heterocycles. The minimum absolute atomic E-state index is 0.0757. The highest BCUT2D eigenvalue weighted by Crippen LogP contribution is 2.35. The number of aromatic nitrogens is 2. The van der Waals surface area contributed by atoms with E-state index in [1.807, 2.05) is 6.92 Å². The van der Waals surface area contributed by atoms with Crippen molar-refractivity contribution in [1.29, 1.82) is 5.26 Å². The third-order valence-electron chi connectivity index (χ3n) is 8.53. The van der Waals surface area contributed by atoms with Gasteiger partial charge in [0, 0.05) is 56.0 Å². The number of nitrogens with zero attached hydrogens (tertiary/aromatic N) is 5. The van der Waals surface area contributed by atoms with Gasteiger partial charge in [-0.05, 0) is 44.7 Å². The zero-order valence-electron chi connectivity index (χ0n) is 29.4. The summed E-state index contributed by atoms with van der Waals surface area (Å²) < 4.78 is 10.6. The topological polar surface area (TPSA) is 251 Å². The Morgan fingerprint density at radius 1 is 1.08 bits per heavy atom. The molecule has 282 valence electrons. The highest BCUT2D eigenvalue weighted by Gasteiger charge is 2.27. The summed E-state index contributed by atoms with van der Waals surface area (Å²) in [5.74, 6) is -0.333. The van der Waals surface area contributed by atoms with Crippen LogP contribution in [-0.4, -0.2) is 121 Å². The second-order valence-corrected chi connectivity index (χ2v) is 14.0. The molecule has 0 spiro atoms. The minimum Gasteiger partial charge on any atom is -0.391 e. The first kappa shape index (κ1) is 40.2. The van der Waals surface area contributed by atoms with Gasteiger partial charge in [0.15, 0.2) is 5.82 Å². The molecular weight excluding hydrogens is 693 g/mol. The molecule has 2 saturated heterocycles. The number of anilines is 3. The van der Waals surface area contributed by atoms with Gasteiger partial charge in [-0.1, -0.05) is 17.8 Å². The van der Waals surface area contributed by atoms with E-state index in [9.17, 15) is 29.5 Å². The summed E-state index contributed by atoms with van der Waals surface area (Å²) in [5, 5.41) is 27.8. The number of nitrogens with two attached hydrogens (primary N) is 2. The zero-order valence-corrected chi connectivity index (χ0v) is 30.2. The number of likely N-dealkylation sites (tertiary alicyclic amines) is 1. The number of amides is 4. The van der Waals surface area contributed by atoms with E-state index >= 15 is 0 Å². The number of hydrogen-bond acceptors (Lipinski definition) is 14. The molecular formula is C34H48N10O7S. The number of ether oxygens (including phenoxy) is 2. The number of nitriles is 1. The number of β-amino-alcohol motifs (C(OH)–C–C–N with tert-alkyl or cyclic N) is 1. The average Bonchev–Trinajstić information content (AvgIpc) is 3.55. The number of carbonyl (C=O) groups is 4. The Labute approximate surface area is 307 Å². The number of rotatable bonds is 18. The molecule has 1 atom stereocenters. The number of aliphatic hydroxyl groups is 1. The van der Waals surface area contributed by atoms with Crippen LogP contribution in [0.4, 0.5) is 17.3 Å². The van der Waals surface area contributed by atoms with E-state index in [-0.39, 0.29) is 93.5 Å². The van der Waals surface area contributed by atoms with Gasteiger partial charge in [-0.25, -0.2) is 9.97 Å². The van der Waals surface area contributed by atoms with Crippen molar-refractivity contribution in [3.05, 3.63) is 30.0 Å². The minimum atomic E-state index is -0.514. The number of aliphatic hydroxyl groups excluding tert-OH is 1. The highest BCUT2D eigenvalue weighted by atomic mass is 32.2. The SMILES string of the molecule is CC1(N)CCN(c2cnc(Sc3cccc(NC(=O)CCCC(=O)NCCOCCOCC(=O)NCC(=O)N4CC[C@@H](O)C4)c3C#N)c(N)n2)CC1. The van der Waals surface area contributed by atoms with Crippen molar-refractivity contribution in [3.63, 3.8) is 0 Å². The molecule has 8 N–H and O–H groups in total. The number of benzene rings is 1. The number of nitrogen functional groups attached to an aromatic ring is 1. The van der Waals surface area contributed by atoms with Gasteiger partial charge < -0.3 is 51.8 Å². The molecule has 17 nitrogen and oxygen atoms in total. The maximum Gasteiger partial charge on any atom is 0.246 e. The first-order valence-corrected chi connectivity index (χ1v) is 18.1. The fourth-order valence-electron chi connectivity index (χ4n) is 5.46. The fraction of sp³-hybridized carbons (Fsp3) is 0.559. The van der Waals surface area contributed by atoms with E-state index in [0.717, 1.165) is 25.9 Å². The van der Waals surface area contributed by atoms with E-state index in [4.69, 9.17) is 20.9 Å². The Kier molecular flexibility index (Phi) is 15.4. The van der Waals surface area contributed by atoms with Crippen molar-refractivity contribution in [2.75, 3.05) is 81.6 Å². The summed E-state index contributed by atoms with van der Waals surface area (Å²) in [6.07, 6.45) is 3.86. The predicted octanol–water partition coefficient (Wildman–Crippen LogP) is 0.367. The van der Waals surface area contributed by atoms with Crippen LogP contribution in [0, 0.1) is 11.3 Å². The molecule has 1 aromatic carbocycles. The summed E-state index contributed by atoms with van der Waals surface area (Å²) in [7, 11) is 0. The van der Waals surface area contributed by atoms with Gasteiger partial charge in [0.25, 0.3) is 0 Å².